The molecule has 0 saturated carbocycles. The topological polar surface area (TPSA) is 114 Å². The minimum absolute atomic E-state index is 0.00703. The number of carbonyl (C=O) groups excluding carboxylic acids is 1. The SMILES string of the molecule is CC(C)(C)c1cnc(C(=O)Nc2cc(-c3cc(N)c(=O)[nH]n3)ccc2F)s1. The summed E-state index contributed by atoms with van der Waals surface area (Å²) < 4.78 is 14.2. The number of H-pyrrole nitrogens is 1. The van der Waals surface area contributed by atoms with Crippen molar-refractivity contribution in [3.63, 3.8) is 0 Å². The van der Waals surface area contributed by atoms with Gasteiger partial charge in [-0.05, 0) is 29.7 Å². The second-order valence-electron chi connectivity index (χ2n) is 6.97. The summed E-state index contributed by atoms with van der Waals surface area (Å²) in [4.78, 5) is 28.9. The average molecular weight is 387 g/mol. The summed E-state index contributed by atoms with van der Waals surface area (Å²) in [6, 6.07) is 5.49. The number of nitrogens with two attached hydrogens (primary N) is 1. The predicted octanol–water partition coefficient (Wildman–Crippen LogP) is 3.16. The number of benzene rings is 1. The summed E-state index contributed by atoms with van der Waals surface area (Å²) in [5.41, 5.74) is 5.77. The first kappa shape index (κ1) is 18.7. The van der Waals surface area contributed by atoms with E-state index in [1.54, 1.807) is 6.20 Å². The van der Waals surface area contributed by atoms with Crippen LogP contribution in [0.25, 0.3) is 11.3 Å². The number of nitrogens with one attached hydrogen (secondary N) is 2. The van der Waals surface area contributed by atoms with Gasteiger partial charge in [-0.2, -0.15) is 5.10 Å². The number of anilines is 2. The van der Waals surface area contributed by atoms with E-state index >= 15 is 0 Å². The van der Waals surface area contributed by atoms with E-state index in [0.29, 0.717) is 11.3 Å². The molecule has 27 heavy (non-hydrogen) atoms. The molecule has 3 rings (SSSR count). The zero-order chi connectivity index (χ0) is 19.8. The van der Waals surface area contributed by atoms with E-state index in [1.807, 2.05) is 20.8 Å². The molecule has 0 aliphatic carbocycles. The maximum absolute atomic E-state index is 14.2. The third-order valence-electron chi connectivity index (χ3n) is 3.78. The highest BCUT2D eigenvalue weighted by Gasteiger charge is 2.20. The van der Waals surface area contributed by atoms with Crippen molar-refractivity contribution in [1.29, 1.82) is 0 Å². The van der Waals surface area contributed by atoms with Crippen LogP contribution in [0, 0.1) is 5.82 Å². The zero-order valence-corrected chi connectivity index (χ0v) is 15.8. The number of hydrogen-bond acceptors (Lipinski definition) is 6. The molecule has 9 heteroatoms. The number of aromatic amines is 1. The van der Waals surface area contributed by atoms with E-state index in [1.165, 1.54) is 35.6 Å². The largest absolute Gasteiger partial charge is 0.394 e. The fourth-order valence-corrected chi connectivity index (χ4v) is 3.12. The third kappa shape index (κ3) is 4.03. The van der Waals surface area contributed by atoms with E-state index in [4.69, 9.17) is 5.73 Å². The van der Waals surface area contributed by atoms with Gasteiger partial charge in [-0.25, -0.2) is 14.5 Å². The third-order valence-corrected chi connectivity index (χ3v) is 5.20. The van der Waals surface area contributed by atoms with Crippen LogP contribution < -0.4 is 16.6 Å². The van der Waals surface area contributed by atoms with Crippen molar-refractivity contribution in [2.45, 2.75) is 26.2 Å². The summed E-state index contributed by atoms with van der Waals surface area (Å²) in [6.45, 7) is 6.07. The van der Waals surface area contributed by atoms with E-state index in [9.17, 15) is 14.0 Å². The molecule has 3 aromatic rings. The lowest BCUT2D eigenvalue weighted by Crippen LogP contribution is -2.14. The van der Waals surface area contributed by atoms with Crippen LogP contribution >= 0.6 is 11.3 Å². The molecule has 0 aliphatic heterocycles. The minimum atomic E-state index is -0.600. The van der Waals surface area contributed by atoms with E-state index in [-0.39, 0.29) is 21.8 Å². The first-order valence-corrected chi connectivity index (χ1v) is 8.89. The number of nitrogen functional groups attached to an aromatic ring is 1. The van der Waals surface area contributed by atoms with Crippen LogP contribution in [0.3, 0.4) is 0 Å². The predicted molar refractivity (Wildman–Crippen MR) is 103 cm³/mol. The summed E-state index contributed by atoms with van der Waals surface area (Å²) in [6.07, 6.45) is 1.65. The number of aromatic nitrogens is 3. The van der Waals surface area contributed by atoms with Crippen LogP contribution in [-0.4, -0.2) is 21.1 Å². The normalized spacial score (nSPS) is 11.4. The molecule has 2 heterocycles. The Hall–Kier alpha value is -3.07. The molecule has 0 spiro atoms. The van der Waals surface area contributed by atoms with Crippen LogP contribution in [0.2, 0.25) is 0 Å². The van der Waals surface area contributed by atoms with Crippen LogP contribution in [-0.2, 0) is 5.41 Å². The summed E-state index contributed by atoms with van der Waals surface area (Å²) in [5.74, 6) is -1.10. The Morgan fingerprint density at radius 3 is 2.67 bits per heavy atom. The molecular weight excluding hydrogens is 369 g/mol. The van der Waals surface area contributed by atoms with E-state index in [2.05, 4.69) is 20.5 Å². The van der Waals surface area contributed by atoms with Crippen molar-refractivity contribution in [3.8, 4) is 11.3 Å². The Morgan fingerprint density at radius 2 is 2.04 bits per heavy atom. The van der Waals surface area contributed by atoms with Crippen LogP contribution in [0.1, 0.15) is 35.5 Å². The molecular formula is C18H18FN5O2S. The number of amides is 1. The van der Waals surface area contributed by atoms with E-state index < -0.39 is 17.3 Å². The maximum Gasteiger partial charge on any atom is 0.287 e. The highest BCUT2D eigenvalue weighted by atomic mass is 32.1. The average Bonchev–Trinajstić information content (AvgIpc) is 3.10. The van der Waals surface area contributed by atoms with Gasteiger partial charge in [-0.15, -0.1) is 11.3 Å². The quantitative estimate of drug-likeness (QED) is 0.639. The Morgan fingerprint density at radius 1 is 1.30 bits per heavy atom. The smallest absolute Gasteiger partial charge is 0.287 e. The fourth-order valence-electron chi connectivity index (χ4n) is 2.25. The van der Waals surface area contributed by atoms with Crippen LogP contribution in [0.4, 0.5) is 15.8 Å². The molecule has 0 unspecified atom stereocenters. The lowest BCUT2D eigenvalue weighted by Gasteiger charge is -2.14. The standard InChI is InChI=1S/C18H18FN5O2S/c1-18(2,3)14-8-21-17(27-14)16(26)22-13-6-9(4-5-10(13)19)12-7-11(20)15(25)24-23-12/h4-8H,1-3H3,(H2,20,23)(H,22,26)(H,24,25). The first-order chi connectivity index (χ1) is 12.6. The molecule has 0 bridgehead atoms. The lowest BCUT2D eigenvalue weighted by molar-refractivity contribution is 0.102. The Bertz CT molecular complexity index is 1070. The highest BCUT2D eigenvalue weighted by molar-refractivity contribution is 7.13. The Kier molecular flexibility index (Phi) is 4.79. The Balaban J connectivity index is 1.88. The maximum atomic E-state index is 14.2. The zero-order valence-electron chi connectivity index (χ0n) is 15.0. The van der Waals surface area contributed by atoms with Crippen molar-refractivity contribution in [2.75, 3.05) is 11.1 Å². The summed E-state index contributed by atoms with van der Waals surface area (Å²) in [7, 11) is 0. The molecule has 2 aromatic heterocycles. The van der Waals surface area contributed by atoms with Gasteiger partial charge in [0.2, 0.25) is 0 Å². The van der Waals surface area contributed by atoms with Crippen LogP contribution in [0.5, 0.6) is 0 Å². The Labute approximate surface area is 158 Å². The molecule has 7 nitrogen and oxygen atoms in total. The van der Waals surface area contributed by atoms with E-state index in [0.717, 1.165) is 4.88 Å². The van der Waals surface area contributed by atoms with Gasteiger partial charge in [-0.1, -0.05) is 20.8 Å². The first-order valence-electron chi connectivity index (χ1n) is 8.08. The fraction of sp³-hybridized carbons (Fsp3) is 0.222. The lowest BCUT2D eigenvalue weighted by atomic mass is 9.96. The van der Waals surface area contributed by atoms with Gasteiger partial charge < -0.3 is 11.1 Å². The molecule has 1 aromatic carbocycles. The van der Waals surface area contributed by atoms with Gasteiger partial charge in [-0.3, -0.25) is 9.59 Å². The molecule has 4 N–H and O–H groups in total. The summed E-state index contributed by atoms with van der Waals surface area (Å²) in [5, 5.41) is 8.93. The van der Waals surface area contributed by atoms with Gasteiger partial charge in [0.15, 0.2) is 5.01 Å². The van der Waals surface area contributed by atoms with Crippen molar-refractivity contribution in [2.24, 2.45) is 0 Å². The number of nitrogens with zero attached hydrogens (tertiary/aromatic N) is 2. The van der Waals surface area contributed by atoms with Crippen molar-refractivity contribution >= 4 is 28.6 Å². The molecule has 1 amide bonds. The number of rotatable bonds is 3. The second kappa shape index (κ2) is 6.92. The molecule has 0 fully saturated rings. The van der Waals surface area contributed by atoms with Gasteiger partial charge in [0.1, 0.15) is 11.5 Å². The van der Waals surface area contributed by atoms with Gasteiger partial charge in [0.05, 0.1) is 11.4 Å². The van der Waals surface area contributed by atoms with Crippen molar-refractivity contribution in [1.82, 2.24) is 15.2 Å². The van der Waals surface area contributed by atoms with Gasteiger partial charge in [0.25, 0.3) is 11.5 Å². The minimum Gasteiger partial charge on any atom is -0.394 e. The van der Waals surface area contributed by atoms with Crippen LogP contribution in [0.15, 0.2) is 35.3 Å². The second-order valence-corrected chi connectivity index (χ2v) is 8.00. The van der Waals surface area contributed by atoms with Crippen molar-refractivity contribution in [3.05, 3.63) is 56.5 Å². The molecule has 140 valence electrons. The molecule has 0 atom stereocenters. The summed E-state index contributed by atoms with van der Waals surface area (Å²) >= 11 is 1.26. The monoisotopic (exact) mass is 387 g/mol. The highest BCUT2D eigenvalue weighted by Crippen LogP contribution is 2.29. The van der Waals surface area contributed by atoms with Crippen molar-refractivity contribution < 1.29 is 9.18 Å². The van der Waals surface area contributed by atoms with Gasteiger partial charge >= 0.3 is 0 Å². The number of hydrogen-bond donors (Lipinski definition) is 3. The molecule has 0 aliphatic rings. The molecule has 0 saturated heterocycles. The van der Waals surface area contributed by atoms with Gasteiger partial charge in [0, 0.05) is 16.6 Å². The number of halogens is 1. The molecule has 0 radical (unpaired) electrons. The number of thiazole rings is 1. The number of carbonyl (C=O) groups is 1.